The van der Waals surface area contributed by atoms with Crippen molar-refractivity contribution >= 4 is 28.7 Å². The van der Waals surface area contributed by atoms with E-state index in [2.05, 4.69) is 34.1 Å². The van der Waals surface area contributed by atoms with Gasteiger partial charge in [0.15, 0.2) is 5.78 Å². The molecular weight excluding hydrogens is 316 g/mol. The molecule has 0 saturated heterocycles. The number of para-hydroxylation sites is 2. The molecule has 2 aromatic heterocycles. The minimum atomic E-state index is -0.295. The number of anilines is 1. The van der Waals surface area contributed by atoms with Crippen LogP contribution in [-0.2, 0) is 6.42 Å². The standard InChI is InChI=1S/C19H20N4O2/c1-10-15-13(8-19(2,3)9-14(15)24)20-16(10)17(25)23-18-21-11-6-4-5-7-12(11)22-18/h4-7,20H,8-9H2,1-3H3,(H2,21,22,23,25). The molecule has 6 heteroatoms. The second-order valence-corrected chi connectivity index (χ2v) is 7.48. The van der Waals surface area contributed by atoms with E-state index in [-0.39, 0.29) is 17.1 Å². The third-order valence-corrected chi connectivity index (χ3v) is 4.75. The van der Waals surface area contributed by atoms with Crippen molar-refractivity contribution in [3.63, 3.8) is 0 Å². The largest absolute Gasteiger partial charge is 0.354 e. The van der Waals surface area contributed by atoms with Gasteiger partial charge in [-0.05, 0) is 36.5 Å². The Kier molecular flexibility index (Phi) is 3.32. The Labute approximate surface area is 145 Å². The van der Waals surface area contributed by atoms with Gasteiger partial charge in [-0.2, -0.15) is 0 Å². The monoisotopic (exact) mass is 336 g/mol. The van der Waals surface area contributed by atoms with Crippen molar-refractivity contribution in [3.8, 4) is 0 Å². The number of amides is 1. The lowest BCUT2D eigenvalue weighted by molar-refractivity contribution is 0.0910. The van der Waals surface area contributed by atoms with E-state index < -0.39 is 0 Å². The summed E-state index contributed by atoms with van der Waals surface area (Å²) in [4.78, 5) is 35.7. The van der Waals surface area contributed by atoms with Crippen LogP contribution in [0.2, 0.25) is 0 Å². The molecule has 1 aliphatic carbocycles. The van der Waals surface area contributed by atoms with E-state index in [1.54, 1.807) is 0 Å². The summed E-state index contributed by atoms with van der Waals surface area (Å²) in [6, 6.07) is 7.58. The van der Waals surface area contributed by atoms with Crippen LogP contribution in [0.15, 0.2) is 24.3 Å². The van der Waals surface area contributed by atoms with Crippen LogP contribution >= 0.6 is 0 Å². The molecule has 6 nitrogen and oxygen atoms in total. The summed E-state index contributed by atoms with van der Waals surface area (Å²) >= 11 is 0. The van der Waals surface area contributed by atoms with E-state index in [9.17, 15) is 9.59 Å². The number of imidazole rings is 1. The fourth-order valence-corrected chi connectivity index (χ4v) is 3.64. The van der Waals surface area contributed by atoms with Crippen LogP contribution in [-0.4, -0.2) is 26.6 Å². The summed E-state index contributed by atoms with van der Waals surface area (Å²) in [6.07, 6.45) is 1.26. The van der Waals surface area contributed by atoms with Gasteiger partial charge in [-0.15, -0.1) is 0 Å². The Morgan fingerprint density at radius 2 is 1.96 bits per heavy atom. The lowest BCUT2D eigenvalue weighted by atomic mass is 9.75. The van der Waals surface area contributed by atoms with Crippen LogP contribution in [0.4, 0.5) is 5.95 Å². The number of nitrogens with zero attached hydrogens (tertiary/aromatic N) is 1. The van der Waals surface area contributed by atoms with Crippen LogP contribution in [0.5, 0.6) is 0 Å². The first kappa shape index (κ1) is 15.6. The highest BCUT2D eigenvalue weighted by molar-refractivity contribution is 6.08. The molecule has 3 N–H and O–H groups in total. The minimum Gasteiger partial charge on any atom is -0.354 e. The summed E-state index contributed by atoms with van der Waals surface area (Å²) in [5.74, 6) is 0.198. The average Bonchev–Trinajstić information content (AvgIpc) is 3.06. The van der Waals surface area contributed by atoms with Crippen LogP contribution < -0.4 is 5.32 Å². The van der Waals surface area contributed by atoms with E-state index in [0.717, 1.165) is 23.1 Å². The summed E-state index contributed by atoms with van der Waals surface area (Å²) in [5, 5.41) is 2.79. The predicted molar refractivity (Wildman–Crippen MR) is 96.0 cm³/mol. The third-order valence-electron chi connectivity index (χ3n) is 4.75. The van der Waals surface area contributed by atoms with Gasteiger partial charge in [0.05, 0.1) is 11.0 Å². The number of aromatic amines is 2. The van der Waals surface area contributed by atoms with E-state index in [4.69, 9.17) is 0 Å². The number of Topliss-reactive ketones (excluding diaryl/α,β-unsaturated/α-hetero) is 1. The number of fused-ring (bicyclic) bond motifs is 2. The maximum absolute atomic E-state index is 12.7. The third kappa shape index (κ3) is 2.63. The zero-order chi connectivity index (χ0) is 17.8. The van der Waals surface area contributed by atoms with Gasteiger partial charge in [0.25, 0.3) is 5.91 Å². The highest BCUT2D eigenvalue weighted by atomic mass is 16.2. The second kappa shape index (κ2) is 5.31. The predicted octanol–water partition coefficient (Wildman–Crippen LogP) is 3.61. The minimum absolute atomic E-state index is 0.0894. The number of hydrogen-bond acceptors (Lipinski definition) is 3. The van der Waals surface area contributed by atoms with E-state index >= 15 is 0 Å². The van der Waals surface area contributed by atoms with Gasteiger partial charge in [0.1, 0.15) is 5.69 Å². The Morgan fingerprint density at radius 1 is 1.20 bits per heavy atom. The molecule has 3 aromatic rings. The van der Waals surface area contributed by atoms with Crippen molar-refractivity contribution in [3.05, 3.63) is 46.8 Å². The zero-order valence-electron chi connectivity index (χ0n) is 14.5. The highest BCUT2D eigenvalue weighted by Gasteiger charge is 2.35. The summed E-state index contributed by atoms with van der Waals surface area (Å²) < 4.78 is 0. The Morgan fingerprint density at radius 3 is 2.72 bits per heavy atom. The van der Waals surface area contributed by atoms with E-state index in [0.29, 0.717) is 29.2 Å². The fourth-order valence-electron chi connectivity index (χ4n) is 3.64. The van der Waals surface area contributed by atoms with Gasteiger partial charge >= 0.3 is 0 Å². The Balaban J connectivity index is 1.66. The molecule has 0 spiro atoms. The van der Waals surface area contributed by atoms with Gasteiger partial charge < -0.3 is 9.97 Å². The molecule has 128 valence electrons. The van der Waals surface area contributed by atoms with Crippen LogP contribution in [0.3, 0.4) is 0 Å². The molecule has 1 aliphatic rings. The van der Waals surface area contributed by atoms with Crippen molar-refractivity contribution in [2.24, 2.45) is 5.41 Å². The molecule has 0 bridgehead atoms. The Hall–Kier alpha value is -2.89. The molecular formula is C19H20N4O2. The maximum Gasteiger partial charge on any atom is 0.274 e. The smallest absolute Gasteiger partial charge is 0.274 e. The van der Waals surface area contributed by atoms with Gasteiger partial charge in [0.2, 0.25) is 5.95 Å². The normalized spacial score (nSPS) is 16.0. The van der Waals surface area contributed by atoms with Gasteiger partial charge in [-0.3, -0.25) is 14.9 Å². The van der Waals surface area contributed by atoms with Gasteiger partial charge in [0, 0.05) is 17.7 Å². The molecule has 0 atom stereocenters. The van der Waals surface area contributed by atoms with Crippen molar-refractivity contribution in [2.75, 3.05) is 5.32 Å². The number of H-pyrrole nitrogens is 2. The van der Waals surface area contributed by atoms with Gasteiger partial charge in [-0.25, -0.2) is 4.98 Å². The molecule has 25 heavy (non-hydrogen) atoms. The number of rotatable bonds is 2. The number of carbonyl (C=O) groups is 2. The first-order valence-corrected chi connectivity index (χ1v) is 8.35. The molecule has 0 aliphatic heterocycles. The molecule has 0 unspecified atom stereocenters. The average molecular weight is 336 g/mol. The van der Waals surface area contributed by atoms with E-state index in [1.165, 1.54) is 0 Å². The maximum atomic E-state index is 12.7. The summed E-state index contributed by atoms with van der Waals surface area (Å²) in [5.41, 5.74) is 4.23. The SMILES string of the molecule is Cc1c(C(=O)Nc2nc3ccccc3[nH]2)[nH]c2c1C(=O)CC(C)(C)C2. The molecule has 2 heterocycles. The summed E-state index contributed by atoms with van der Waals surface area (Å²) in [6.45, 7) is 5.95. The van der Waals surface area contributed by atoms with Crippen LogP contribution in [0.1, 0.15) is 52.4 Å². The molecule has 0 radical (unpaired) electrons. The number of aromatic nitrogens is 3. The van der Waals surface area contributed by atoms with Crippen LogP contribution in [0, 0.1) is 12.3 Å². The second-order valence-electron chi connectivity index (χ2n) is 7.48. The molecule has 0 saturated carbocycles. The van der Waals surface area contributed by atoms with Crippen molar-refractivity contribution in [1.29, 1.82) is 0 Å². The number of hydrogen-bond donors (Lipinski definition) is 3. The molecule has 4 rings (SSSR count). The number of nitrogens with one attached hydrogen (secondary N) is 3. The zero-order valence-corrected chi connectivity index (χ0v) is 14.5. The first-order chi connectivity index (χ1) is 11.8. The lowest BCUT2D eigenvalue weighted by Crippen LogP contribution is -2.26. The molecule has 1 amide bonds. The number of ketones is 1. The van der Waals surface area contributed by atoms with E-state index in [1.807, 2.05) is 31.2 Å². The molecule has 0 fully saturated rings. The Bertz CT molecular complexity index is 977. The highest BCUT2D eigenvalue weighted by Crippen LogP contribution is 2.36. The van der Waals surface area contributed by atoms with Crippen molar-refractivity contribution in [1.82, 2.24) is 15.0 Å². The van der Waals surface area contributed by atoms with Crippen LogP contribution in [0.25, 0.3) is 11.0 Å². The first-order valence-electron chi connectivity index (χ1n) is 8.35. The van der Waals surface area contributed by atoms with Crippen molar-refractivity contribution in [2.45, 2.75) is 33.6 Å². The molecule has 1 aromatic carbocycles. The number of benzene rings is 1. The number of carbonyl (C=O) groups excluding carboxylic acids is 2. The lowest BCUT2D eigenvalue weighted by Gasteiger charge is -2.28. The topological polar surface area (TPSA) is 90.6 Å². The fraction of sp³-hybridized carbons (Fsp3) is 0.316. The summed E-state index contributed by atoms with van der Waals surface area (Å²) in [7, 11) is 0. The quantitative estimate of drug-likeness (QED) is 0.668. The van der Waals surface area contributed by atoms with Crippen molar-refractivity contribution < 1.29 is 9.59 Å². The van der Waals surface area contributed by atoms with Gasteiger partial charge in [-0.1, -0.05) is 26.0 Å².